The van der Waals surface area contributed by atoms with Gasteiger partial charge in [-0.05, 0) is 18.6 Å². The van der Waals surface area contributed by atoms with Gasteiger partial charge in [-0.25, -0.2) is 0 Å². The van der Waals surface area contributed by atoms with Gasteiger partial charge >= 0.3 is 0 Å². The zero-order chi connectivity index (χ0) is 9.72. The fourth-order valence-corrected chi connectivity index (χ4v) is 1.63. The molecule has 0 radical (unpaired) electrons. The molecule has 0 fully saturated rings. The van der Waals surface area contributed by atoms with Crippen LogP contribution in [0.2, 0.25) is 4.34 Å². The number of hydrogen-bond acceptors (Lipinski definition) is 2. The maximum Gasteiger partial charge on any atom is 0.258 e. The minimum atomic E-state index is -0.417. The zero-order valence-electron chi connectivity index (χ0n) is 7.35. The molecule has 68 valence electrons. The average molecular weight is 206 g/mol. The first-order valence-corrected chi connectivity index (χ1v) is 4.86. The largest absolute Gasteiger partial charge is 0.365 e. The Hall–Kier alpha value is -0.540. The van der Waals surface area contributed by atoms with Gasteiger partial charge in [-0.3, -0.25) is 4.79 Å². The predicted molar refractivity (Wildman–Crippen MR) is 53.9 cm³/mol. The third-order valence-corrected chi connectivity index (χ3v) is 2.67. The molecule has 4 heteroatoms. The smallest absolute Gasteiger partial charge is 0.258 e. The van der Waals surface area contributed by atoms with Crippen molar-refractivity contribution in [2.45, 2.75) is 20.8 Å². The summed E-state index contributed by atoms with van der Waals surface area (Å²) in [6.07, 6.45) is 0. The van der Waals surface area contributed by atoms with Gasteiger partial charge in [-0.1, -0.05) is 25.4 Å². The zero-order valence-corrected chi connectivity index (χ0v) is 8.92. The molecule has 1 rings (SSSR count). The van der Waals surface area contributed by atoms with E-state index >= 15 is 0 Å². The highest BCUT2D eigenvalue weighted by atomic mass is 35.5. The summed E-state index contributed by atoms with van der Waals surface area (Å²) in [4.78, 5) is 11.1. The highest BCUT2D eigenvalue weighted by Crippen LogP contribution is 2.25. The van der Waals surface area contributed by atoms with Crippen molar-refractivity contribution in [3.05, 3.63) is 20.8 Å². The number of primary amides is 1. The topological polar surface area (TPSA) is 43.1 Å². The second-order valence-electron chi connectivity index (χ2n) is 1.93. The molecule has 0 saturated heterocycles. The van der Waals surface area contributed by atoms with E-state index in [1.54, 1.807) is 6.07 Å². The molecule has 1 amide bonds. The van der Waals surface area contributed by atoms with Crippen molar-refractivity contribution >= 4 is 28.8 Å². The summed E-state index contributed by atoms with van der Waals surface area (Å²) in [6.45, 7) is 5.84. The number of thiophene rings is 1. The Morgan fingerprint density at radius 1 is 1.58 bits per heavy atom. The lowest BCUT2D eigenvalue weighted by atomic mass is 10.3. The molecule has 12 heavy (non-hydrogen) atoms. The second-order valence-corrected chi connectivity index (χ2v) is 3.59. The van der Waals surface area contributed by atoms with Crippen LogP contribution in [-0.2, 0) is 0 Å². The van der Waals surface area contributed by atoms with Crippen LogP contribution in [0.4, 0.5) is 0 Å². The van der Waals surface area contributed by atoms with Crippen molar-refractivity contribution in [2.24, 2.45) is 5.73 Å². The Bertz CT molecular complexity index is 251. The second kappa shape index (κ2) is 5.17. The fourth-order valence-electron chi connectivity index (χ4n) is 0.581. The van der Waals surface area contributed by atoms with Crippen molar-refractivity contribution in [1.29, 1.82) is 0 Å². The van der Waals surface area contributed by atoms with E-state index in [2.05, 4.69) is 0 Å². The number of carbonyl (C=O) groups is 1. The maximum atomic E-state index is 10.5. The molecule has 2 N–H and O–H groups in total. The van der Waals surface area contributed by atoms with Gasteiger partial charge < -0.3 is 5.73 Å². The molecule has 0 aliphatic carbocycles. The van der Waals surface area contributed by atoms with Crippen LogP contribution < -0.4 is 5.73 Å². The lowest BCUT2D eigenvalue weighted by Crippen LogP contribution is -2.08. The Morgan fingerprint density at radius 2 is 2.08 bits per heavy atom. The van der Waals surface area contributed by atoms with E-state index in [0.717, 1.165) is 5.56 Å². The minimum Gasteiger partial charge on any atom is -0.365 e. The van der Waals surface area contributed by atoms with Crippen LogP contribution in [0, 0.1) is 6.92 Å². The van der Waals surface area contributed by atoms with Gasteiger partial charge in [0.25, 0.3) is 5.91 Å². The first kappa shape index (κ1) is 11.5. The van der Waals surface area contributed by atoms with E-state index in [4.69, 9.17) is 17.3 Å². The highest BCUT2D eigenvalue weighted by molar-refractivity contribution is 7.18. The van der Waals surface area contributed by atoms with Gasteiger partial charge in [0.2, 0.25) is 0 Å². The molecule has 0 bridgehead atoms. The van der Waals surface area contributed by atoms with Crippen LogP contribution in [0.15, 0.2) is 6.07 Å². The number of carbonyl (C=O) groups excluding carboxylic acids is 1. The number of aryl methyl sites for hydroxylation is 1. The summed E-state index contributed by atoms with van der Waals surface area (Å²) in [5.41, 5.74) is 5.91. The SMILES string of the molecule is CC.Cc1cc(C(N)=O)sc1Cl. The first-order chi connectivity index (χ1) is 5.61. The highest BCUT2D eigenvalue weighted by Gasteiger charge is 2.06. The first-order valence-electron chi connectivity index (χ1n) is 3.67. The number of hydrogen-bond donors (Lipinski definition) is 1. The molecular weight excluding hydrogens is 194 g/mol. The van der Waals surface area contributed by atoms with Gasteiger partial charge in [0.05, 0.1) is 9.21 Å². The third-order valence-electron chi connectivity index (χ3n) is 1.10. The Kier molecular flexibility index (Phi) is 4.93. The number of amides is 1. The molecular formula is C8H12ClNOS. The Morgan fingerprint density at radius 3 is 2.25 bits per heavy atom. The monoisotopic (exact) mass is 205 g/mol. The van der Waals surface area contributed by atoms with Crippen molar-refractivity contribution < 1.29 is 4.79 Å². The summed E-state index contributed by atoms with van der Waals surface area (Å²) in [7, 11) is 0. The molecule has 2 nitrogen and oxygen atoms in total. The van der Waals surface area contributed by atoms with E-state index in [0.29, 0.717) is 9.21 Å². The van der Waals surface area contributed by atoms with Crippen LogP contribution in [-0.4, -0.2) is 5.91 Å². The van der Waals surface area contributed by atoms with Crippen LogP contribution in [0.5, 0.6) is 0 Å². The van der Waals surface area contributed by atoms with Crippen molar-refractivity contribution in [1.82, 2.24) is 0 Å². The van der Waals surface area contributed by atoms with Gasteiger partial charge in [0.15, 0.2) is 0 Å². The van der Waals surface area contributed by atoms with E-state index in [1.165, 1.54) is 11.3 Å². The van der Waals surface area contributed by atoms with Gasteiger partial charge in [-0.2, -0.15) is 0 Å². The molecule has 1 heterocycles. The molecule has 0 spiro atoms. The van der Waals surface area contributed by atoms with Crippen LogP contribution in [0.25, 0.3) is 0 Å². The summed E-state index contributed by atoms with van der Waals surface area (Å²) in [6, 6.07) is 1.69. The quantitative estimate of drug-likeness (QED) is 0.753. The van der Waals surface area contributed by atoms with Crippen molar-refractivity contribution in [3.8, 4) is 0 Å². The summed E-state index contributed by atoms with van der Waals surface area (Å²) in [5, 5.41) is 0. The van der Waals surface area contributed by atoms with Gasteiger partial charge in [0, 0.05) is 0 Å². The molecule has 0 saturated carbocycles. The van der Waals surface area contributed by atoms with Crippen LogP contribution >= 0.6 is 22.9 Å². The predicted octanol–water partition coefficient (Wildman–Crippen LogP) is 2.84. The minimum absolute atomic E-state index is 0.417. The number of halogens is 1. The average Bonchev–Trinajstić information content (AvgIpc) is 2.36. The summed E-state index contributed by atoms with van der Waals surface area (Å²) < 4.78 is 0.633. The molecule has 0 aliphatic heterocycles. The number of nitrogens with two attached hydrogens (primary N) is 1. The van der Waals surface area contributed by atoms with E-state index < -0.39 is 5.91 Å². The Balaban J connectivity index is 0.000000561. The number of rotatable bonds is 1. The van der Waals surface area contributed by atoms with Crippen LogP contribution in [0.3, 0.4) is 0 Å². The molecule has 0 aromatic carbocycles. The van der Waals surface area contributed by atoms with Crippen molar-refractivity contribution in [2.75, 3.05) is 0 Å². The van der Waals surface area contributed by atoms with E-state index in [9.17, 15) is 4.79 Å². The lowest BCUT2D eigenvalue weighted by molar-refractivity contribution is 0.100. The van der Waals surface area contributed by atoms with E-state index in [-0.39, 0.29) is 0 Å². The summed E-state index contributed by atoms with van der Waals surface area (Å²) >= 11 is 6.90. The molecule has 0 atom stereocenters. The van der Waals surface area contributed by atoms with Gasteiger partial charge in [0.1, 0.15) is 0 Å². The van der Waals surface area contributed by atoms with Crippen molar-refractivity contribution in [3.63, 3.8) is 0 Å². The molecule has 1 aromatic rings. The standard InChI is InChI=1S/C6H6ClNOS.C2H6/c1-3-2-4(6(8)9)10-5(3)7;1-2/h2H,1H3,(H2,8,9);1-2H3. The lowest BCUT2D eigenvalue weighted by Gasteiger charge is -1.81. The van der Waals surface area contributed by atoms with Crippen LogP contribution in [0.1, 0.15) is 29.1 Å². The fraction of sp³-hybridized carbons (Fsp3) is 0.375. The summed E-state index contributed by atoms with van der Waals surface area (Å²) in [5.74, 6) is -0.417. The molecule has 0 aliphatic rings. The van der Waals surface area contributed by atoms with E-state index in [1.807, 2.05) is 20.8 Å². The maximum absolute atomic E-state index is 10.5. The molecule has 0 unspecified atom stereocenters. The van der Waals surface area contributed by atoms with Gasteiger partial charge in [-0.15, -0.1) is 11.3 Å². The molecule has 1 aromatic heterocycles. The normalized spacial score (nSPS) is 8.67. The third kappa shape index (κ3) is 2.83. The Labute approximate surface area is 81.3 Å².